The molecule has 0 fully saturated rings. The normalized spacial score (nSPS) is 9.00. The molecule has 90 valence electrons. The van der Waals surface area contributed by atoms with E-state index in [1.807, 2.05) is 24.3 Å². The average molecular weight is 356 g/mol. The predicted octanol–water partition coefficient (Wildman–Crippen LogP) is 0.996. The summed E-state index contributed by atoms with van der Waals surface area (Å²) in [5.41, 5.74) is 1.06. The van der Waals surface area contributed by atoms with Gasteiger partial charge >= 0.3 is 23.1 Å². The molecule has 0 unspecified atom stereocenters. The van der Waals surface area contributed by atoms with Crippen molar-refractivity contribution in [2.24, 2.45) is 0 Å². The smallest absolute Gasteiger partial charge is 1.00 e. The van der Waals surface area contributed by atoms with Crippen LogP contribution in [-0.2, 0) is 6.61 Å². The average Bonchev–Trinajstić information content (AvgIpc) is 2.32. The third-order valence-electron chi connectivity index (χ3n) is 2.07. The number of hydrogen-bond donors (Lipinski definition) is 0. The van der Waals surface area contributed by atoms with Crippen molar-refractivity contribution in [3.8, 4) is 5.75 Å². The van der Waals surface area contributed by atoms with Gasteiger partial charge in [0.2, 0.25) is 0 Å². The first-order valence-corrected chi connectivity index (χ1v) is 5.54. The van der Waals surface area contributed by atoms with E-state index in [-0.39, 0.29) is 40.0 Å². The first-order valence-electron chi connectivity index (χ1n) is 4.78. The summed E-state index contributed by atoms with van der Waals surface area (Å²) in [6, 6.07) is 15.8. The summed E-state index contributed by atoms with van der Waals surface area (Å²) in [4.78, 5) is 0. The Kier molecular flexibility index (Phi) is 9.08. The standard InChI is InChI=1S/C13H9Cl2O.BrH.Mg/c14-12-7-6-11(8-13(12)15)16-9-10-4-2-1-3-5-10;;/h1-2,4-8H,9H2;1H;/q-1;;+2/p-1. The van der Waals surface area contributed by atoms with Crippen molar-refractivity contribution in [1.82, 2.24) is 0 Å². The van der Waals surface area contributed by atoms with Gasteiger partial charge in [-0.2, -0.15) is 30.3 Å². The van der Waals surface area contributed by atoms with Gasteiger partial charge in [0.05, 0.1) is 16.7 Å². The van der Waals surface area contributed by atoms with E-state index in [4.69, 9.17) is 27.9 Å². The van der Waals surface area contributed by atoms with Gasteiger partial charge in [-0.15, -0.1) is 5.56 Å². The fraction of sp³-hybridized carbons (Fsp3) is 0.0769. The molecule has 1 nitrogen and oxygen atoms in total. The van der Waals surface area contributed by atoms with Crippen molar-refractivity contribution in [1.29, 1.82) is 0 Å². The van der Waals surface area contributed by atoms with E-state index in [0.717, 1.165) is 5.56 Å². The van der Waals surface area contributed by atoms with E-state index in [1.165, 1.54) is 0 Å². The molecule has 0 aliphatic carbocycles. The van der Waals surface area contributed by atoms with Crippen LogP contribution in [0, 0.1) is 6.07 Å². The topological polar surface area (TPSA) is 9.23 Å². The summed E-state index contributed by atoms with van der Waals surface area (Å²) < 4.78 is 5.56. The summed E-state index contributed by atoms with van der Waals surface area (Å²) in [6.07, 6.45) is 0. The van der Waals surface area contributed by atoms with Gasteiger partial charge in [0.15, 0.2) is 0 Å². The molecule has 0 aliphatic rings. The van der Waals surface area contributed by atoms with E-state index >= 15 is 0 Å². The van der Waals surface area contributed by atoms with Gasteiger partial charge in [-0.05, 0) is 12.1 Å². The van der Waals surface area contributed by atoms with E-state index in [0.29, 0.717) is 22.4 Å². The van der Waals surface area contributed by atoms with Crippen molar-refractivity contribution >= 4 is 46.3 Å². The summed E-state index contributed by atoms with van der Waals surface area (Å²) in [5, 5.41) is 1.03. The Morgan fingerprint density at radius 1 is 1.11 bits per heavy atom. The molecule has 0 bridgehead atoms. The summed E-state index contributed by atoms with van der Waals surface area (Å²) in [6.45, 7) is 0.495. The van der Waals surface area contributed by atoms with Gasteiger partial charge in [-0.25, -0.2) is 0 Å². The van der Waals surface area contributed by atoms with Gasteiger partial charge in [0.25, 0.3) is 0 Å². The first kappa shape index (κ1) is 18.1. The monoisotopic (exact) mass is 354 g/mol. The molecule has 0 amide bonds. The third-order valence-corrected chi connectivity index (χ3v) is 2.81. The van der Waals surface area contributed by atoms with Crippen LogP contribution < -0.4 is 21.7 Å². The molecule has 2 aromatic rings. The third kappa shape index (κ3) is 5.37. The van der Waals surface area contributed by atoms with Crippen LogP contribution in [0.1, 0.15) is 5.56 Å². The molecule has 0 aromatic heterocycles. The SMILES string of the molecule is Clc1ccc(OCc2c[c-]ccc2)cc1Cl.[Br-].[Mg+2]. The van der Waals surface area contributed by atoms with Crippen molar-refractivity contribution in [2.45, 2.75) is 6.61 Å². The molecule has 2 aromatic carbocycles. The Labute approximate surface area is 143 Å². The Bertz CT molecular complexity index is 480. The second-order valence-corrected chi connectivity index (χ2v) is 4.09. The maximum absolute atomic E-state index is 5.88. The molecule has 0 atom stereocenters. The maximum atomic E-state index is 5.88. The van der Waals surface area contributed by atoms with E-state index in [2.05, 4.69) is 6.07 Å². The molecule has 0 saturated heterocycles. The largest absolute Gasteiger partial charge is 2.00 e. The Hall–Kier alpha value is 0.0662. The zero-order valence-corrected chi connectivity index (χ0v) is 14.0. The number of halogens is 3. The molecule has 18 heavy (non-hydrogen) atoms. The van der Waals surface area contributed by atoms with Crippen molar-refractivity contribution in [3.05, 3.63) is 64.1 Å². The minimum Gasteiger partial charge on any atom is -1.00 e. The van der Waals surface area contributed by atoms with Crippen LogP contribution in [0.15, 0.2) is 42.5 Å². The van der Waals surface area contributed by atoms with Crippen LogP contribution in [-0.4, -0.2) is 23.1 Å². The number of ether oxygens (including phenoxy) is 1. The van der Waals surface area contributed by atoms with Crippen LogP contribution in [0.3, 0.4) is 0 Å². The van der Waals surface area contributed by atoms with Crippen molar-refractivity contribution in [2.75, 3.05) is 0 Å². The minimum absolute atomic E-state index is 0. The first-order chi connectivity index (χ1) is 7.75. The van der Waals surface area contributed by atoms with Gasteiger partial charge in [0.1, 0.15) is 5.75 Å². The van der Waals surface area contributed by atoms with Crippen LogP contribution in [0.2, 0.25) is 10.0 Å². The van der Waals surface area contributed by atoms with E-state index < -0.39 is 0 Å². The van der Waals surface area contributed by atoms with Gasteiger partial charge in [0, 0.05) is 6.07 Å². The Morgan fingerprint density at radius 3 is 2.50 bits per heavy atom. The van der Waals surface area contributed by atoms with Crippen LogP contribution in [0.25, 0.3) is 0 Å². The molecular formula is C13H9BrCl2MgO. The van der Waals surface area contributed by atoms with Gasteiger partial charge < -0.3 is 21.7 Å². The molecule has 0 saturated carbocycles. The van der Waals surface area contributed by atoms with Crippen molar-refractivity contribution in [3.63, 3.8) is 0 Å². The van der Waals surface area contributed by atoms with Crippen LogP contribution >= 0.6 is 23.2 Å². The molecule has 5 heteroatoms. The number of rotatable bonds is 3. The zero-order chi connectivity index (χ0) is 11.4. The molecular weight excluding hydrogens is 347 g/mol. The quantitative estimate of drug-likeness (QED) is 0.589. The summed E-state index contributed by atoms with van der Waals surface area (Å²) in [5.74, 6) is 0.707. The maximum Gasteiger partial charge on any atom is 2.00 e. The number of hydrogen-bond acceptors (Lipinski definition) is 1. The second kappa shape index (κ2) is 9.05. The summed E-state index contributed by atoms with van der Waals surface area (Å²) in [7, 11) is 0. The van der Waals surface area contributed by atoms with Gasteiger partial charge in [-0.3, -0.25) is 0 Å². The predicted molar refractivity (Wildman–Crippen MR) is 71.8 cm³/mol. The van der Waals surface area contributed by atoms with Crippen LogP contribution in [0.5, 0.6) is 5.75 Å². The fourth-order valence-electron chi connectivity index (χ4n) is 1.25. The summed E-state index contributed by atoms with van der Waals surface area (Å²) >= 11 is 11.7. The number of benzene rings is 2. The zero-order valence-electron chi connectivity index (χ0n) is 9.50. The Balaban J connectivity index is 0.00000144. The van der Waals surface area contributed by atoms with Gasteiger partial charge in [-0.1, -0.05) is 23.2 Å². The minimum atomic E-state index is 0. The Morgan fingerprint density at radius 2 is 1.89 bits per heavy atom. The molecule has 0 aliphatic heterocycles. The fourth-order valence-corrected chi connectivity index (χ4v) is 1.54. The molecule has 0 N–H and O–H groups in total. The molecule has 0 radical (unpaired) electrons. The molecule has 0 heterocycles. The molecule has 2 rings (SSSR count). The van der Waals surface area contributed by atoms with E-state index in [1.54, 1.807) is 18.2 Å². The van der Waals surface area contributed by atoms with Crippen molar-refractivity contribution < 1.29 is 21.7 Å². The van der Waals surface area contributed by atoms with Crippen LogP contribution in [0.4, 0.5) is 0 Å². The van der Waals surface area contributed by atoms with E-state index in [9.17, 15) is 0 Å². The second-order valence-electron chi connectivity index (χ2n) is 3.28. The molecule has 0 spiro atoms.